The van der Waals surface area contributed by atoms with Crippen LogP contribution in [0.5, 0.6) is 17.2 Å². The number of phenolic OH excluding ortho intramolecular Hbond substituents is 1. The third kappa shape index (κ3) is 6.00. The summed E-state index contributed by atoms with van der Waals surface area (Å²) in [6, 6.07) is 32.0. The van der Waals surface area contributed by atoms with Gasteiger partial charge in [0, 0.05) is 22.3 Å². The molecule has 1 saturated carbocycles. The van der Waals surface area contributed by atoms with Gasteiger partial charge in [-0.05, 0) is 115 Å². The molecular formula is C46H38ClFN4O7. The van der Waals surface area contributed by atoms with E-state index in [1.165, 1.54) is 43.4 Å². The zero-order chi connectivity index (χ0) is 41.2. The highest BCUT2D eigenvalue weighted by Crippen LogP contribution is 2.65. The molecule has 59 heavy (non-hydrogen) atoms. The van der Waals surface area contributed by atoms with Gasteiger partial charge in [0.15, 0.2) is 11.5 Å². The number of benzene rings is 5. The molecule has 2 aliphatic carbocycles. The second-order valence-corrected chi connectivity index (χ2v) is 15.6. The van der Waals surface area contributed by atoms with Crippen LogP contribution in [-0.4, -0.2) is 48.0 Å². The summed E-state index contributed by atoms with van der Waals surface area (Å²) in [4.78, 5) is 60.8. The van der Waals surface area contributed by atoms with Crippen LogP contribution in [0.15, 0.2) is 127 Å². The molecule has 5 aromatic rings. The van der Waals surface area contributed by atoms with E-state index in [9.17, 15) is 23.9 Å². The lowest BCUT2D eigenvalue weighted by atomic mass is 9.49. The molecule has 6 atom stereocenters. The average Bonchev–Trinajstić information content (AvgIpc) is 3.63. The average molecular weight is 813 g/mol. The number of aromatic hydroxyl groups is 1. The van der Waals surface area contributed by atoms with Crippen molar-refractivity contribution in [3.8, 4) is 17.2 Å². The Labute approximate surface area is 344 Å². The number of rotatable bonds is 9. The fraction of sp³-hybridized carbons (Fsp3) is 0.217. The zero-order valence-corrected chi connectivity index (χ0v) is 32.7. The molecule has 0 bridgehead atoms. The van der Waals surface area contributed by atoms with Gasteiger partial charge in [0.05, 0.1) is 48.8 Å². The lowest BCUT2D eigenvalue weighted by molar-refractivity contribution is -0.138. The number of para-hydroxylation sites is 1. The summed E-state index contributed by atoms with van der Waals surface area (Å²) >= 11 is 6.41. The maximum Gasteiger partial charge on any atom is 0.260 e. The van der Waals surface area contributed by atoms with E-state index in [0.29, 0.717) is 33.1 Å². The monoisotopic (exact) mass is 812 g/mol. The Morgan fingerprint density at radius 3 is 2.03 bits per heavy atom. The van der Waals surface area contributed by atoms with Crippen LogP contribution in [0, 0.1) is 29.5 Å². The number of nitrogens with one attached hydrogen (secondary N) is 2. The number of anilines is 4. The van der Waals surface area contributed by atoms with Crippen LogP contribution >= 0.6 is 11.6 Å². The summed E-state index contributed by atoms with van der Waals surface area (Å²) < 4.78 is 25.2. The van der Waals surface area contributed by atoms with Crippen molar-refractivity contribution in [3.63, 3.8) is 0 Å². The Balaban J connectivity index is 1.18. The first-order valence-corrected chi connectivity index (χ1v) is 19.5. The lowest BCUT2D eigenvalue weighted by Crippen LogP contribution is -2.53. The quantitative estimate of drug-likeness (QED) is 0.0996. The van der Waals surface area contributed by atoms with Crippen LogP contribution in [0.25, 0.3) is 0 Å². The van der Waals surface area contributed by atoms with E-state index in [-0.39, 0.29) is 36.0 Å². The molecule has 5 aromatic carbocycles. The predicted octanol–water partition coefficient (Wildman–Crippen LogP) is 8.14. The van der Waals surface area contributed by atoms with Crippen LogP contribution in [-0.2, 0) is 24.6 Å². The summed E-state index contributed by atoms with van der Waals surface area (Å²) in [7, 11) is 2.79. The van der Waals surface area contributed by atoms with Crippen molar-refractivity contribution in [2.45, 2.75) is 24.2 Å². The van der Waals surface area contributed by atoms with E-state index in [2.05, 4.69) is 10.7 Å². The van der Waals surface area contributed by atoms with Crippen LogP contribution in [0.1, 0.15) is 29.9 Å². The fourth-order valence-corrected chi connectivity index (χ4v) is 9.87. The summed E-state index contributed by atoms with van der Waals surface area (Å²) in [6.07, 6.45) is 2.19. The van der Waals surface area contributed by atoms with Gasteiger partial charge in [-0.2, -0.15) is 5.01 Å². The molecule has 2 heterocycles. The first-order valence-electron chi connectivity index (χ1n) is 19.2. The van der Waals surface area contributed by atoms with E-state index in [1.807, 2.05) is 48.5 Å². The minimum atomic E-state index is -1.64. The predicted molar refractivity (Wildman–Crippen MR) is 219 cm³/mol. The maximum absolute atomic E-state index is 15.4. The SMILES string of the molecule is COc1cc([C@H]2C3=CC[C@@H]4C(=O)N(c5ccc(Nc6ccccc6)cc5)C(=O)[C@@H]4[C@@H]3C[C@H]3C(=O)N(Nc4ccc(F)cc4)C(=O)[C@@]23c2ccc(Cl)cc2)cc(OC)c1O. The van der Waals surface area contributed by atoms with E-state index < -0.39 is 58.5 Å². The maximum atomic E-state index is 15.4. The second-order valence-electron chi connectivity index (χ2n) is 15.2. The van der Waals surface area contributed by atoms with Gasteiger partial charge in [-0.1, -0.05) is 53.6 Å². The summed E-state index contributed by atoms with van der Waals surface area (Å²) in [6.45, 7) is 0. The van der Waals surface area contributed by atoms with Gasteiger partial charge in [-0.25, -0.2) is 4.39 Å². The molecule has 0 spiro atoms. The van der Waals surface area contributed by atoms with Gasteiger partial charge < -0.3 is 19.9 Å². The van der Waals surface area contributed by atoms with Crippen molar-refractivity contribution < 1.29 is 38.1 Å². The molecule has 2 saturated heterocycles. The van der Waals surface area contributed by atoms with Crippen molar-refractivity contribution in [2.24, 2.45) is 23.7 Å². The van der Waals surface area contributed by atoms with Gasteiger partial charge in [-0.3, -0.25) is 29.5 Å². The highest BCUT2D eigenvalue weighted by atomic mass is 35.5. The molecule has 0 radical (unpaired) electrons. The van der Waals surface area contributed by atoms with Gasteiger partial charge in [0.25, 0.3) is 11.8 Å². The van der Waals surface area contributed by atoms with Gasteiger partial charge >= 0.3 is 0 Å². The third-order valence-corrected chi connectivity index (χ3v) is 12.5. The number of phenols is 1. The number of nitrogens with zero attached hydrogens (tertiary/aromatic N) is 2. The number of allylic oxidation sites excluding steroid dienone is 2. The fourth-order valence-electron chi connectivity index (χ4n) is 9.75. The number of ether oxygens (including phenoxy) is 2. The normalized spacial score (nSPS) is 24.6. The minimum absolute atomic E-state index is 0.0530. The Morgan fingerprint density at radius 1 is 0.763 bits per heavy atom. The standard InChI is InChI=1S/C46H38ClFN4O7/c1-58-37-22-25(23-38(59-2)41(37)53)40-33-20-21-34-39(44(56)51(42(34)54)32-18-16-30(17-19-32)49-29-6-4-3-5-7-29)35(33)24-36-43(55)52(50-31-14-12-28(48)13-15-31)45(57)46(36,40)26-8-10-27(47)11-9-26/h3-20,22-23,34-36,39-40,49-50,53H,21,24H2,1-2H3/t34-,35+,36-,39-,40-,46+/m0/s1. The summed E-state index contributed by atoms with van der Waals surface area (Å²) in [5, 5.41) is 15.7. The van der Waals surface area contributed by atoms with E-state index in [4.69, 9.17) is 21.1 Å². The van der Waals surface area contributed by atoms with Crippen molar-refractivity contribution >= 4 is 58.0 Å². The molecule has 9 rings (SSSR count). The molecule has 4 amide bonds. The lowest BCUT2D eigenvalue weighted by Gasteiger charge is -2.50. The number of methoxy groups -OCH3 is 2. The smallest absolute Gasteiger partial charge is 0.260 e. The number of hydrazine groups is 1. The highest BCUT2D eigenvalue weighted by molar-refractivity contribution is 6.30. The van der Waals surface area contributed by atoms with Crippen LogP contribution in [0.4, 0.5) is 27.1 Å². The third-order valence-electron chi connectivity index (χ3n) is 12.3. The summed E-state index contributed by atoms with van der Waals surface area (Å²) in [5.74, 6) is -6.72. The molecule has 3 fully saturated rings. The van der Waals surface area contributed by atoms with Crippen molar-refractivity contribution in [1.29, 1.82) is 0 Å². The summed E-state index contributed by atoms with van der Waals surface area (Å²) in [5.41, 5.74) is 5.36. The minimum Gasteiger partial charge on any atom is -0.502 e. The number of carbonyl (C=O) groups excluding carboxylic acids is 4. The molecule has 3 N–H and O–H groups in total. The van der Waals surface area contributed by atoms with Crippen LogP contribution in [0.2, 0.25) is 5.02 Å². The molecule has 298 valence electrons. The van der Waals surface area contributed by atoms with Gasteiger partial charge in [0.1, 0.15) is 5.82 Å². The molecule has 4 aliphatic rings. The Morgan fingerprint density at radius 2 is 1.39 bits per heavy atom. The van der Waals surface area contributed by atoms with Crippen molar-refractivity contribution in [2.75, 3.05) is 29.9 Å². The Bertz CT molecular complexity index is 2510. The topological polar surface area (TPSA) is 138 Å². The number of imide groups is 2. The van der Waals surface area contributed by atoms with Crippen LogP contribution < -0.4 is 25.1 Å². The molecule has 2 aliphatic heterocycles. The number of hydrogen-bond acceptors (Lipinski definition) is 9. The van der Waals surface area contributed by atoms with Gasteiger partial charge in [-0.15, -0.1) is 0 Å². The number of fused-ring (bicyclic) bond motifs is 4. The number of carbonyl (C=O) groups is 4. The molecular weight excluding hydrogens is 775 g/mol. The number of amides is 4. The first kappa shape index (κ1) is 37.9. The molecule has 13 heteroatoms. The molecule has 11 nitrogen and oxygen atoms in total. The number of halogens is 2. The Kier molecular flexibility index (Phi) is 9.39. The van der Waals surface area contributed by atoms with E-state index in [0.717, 1.165) is 16.4 Å². The molecule has 0 unspecified atom stereocenters. The van der Waals surface area contributed by atoms with Crippen LogP contribution in [0.3, 0.4) is 0 Å². The largest absolute Gasteiger partial charge is 0.502 e. The number of hydrogen-bond donors (Lipinski definition) is 3. The first-order chi connectivity index (χ1) is 28.5. The van der Waals surface area contributed by atoms with Crippen molar-refractivity contribution in [1.82, 2.24) is 5.01 Å². The van der Waals surface area contributed by atoms with Crippen molar-refractivity contribution in [3.05, 3.63) is 149 Å². The molecule has 0 aromatic heterocycles. The second kappa shape index (κ2) is 14.6. The van der Waals surface area contributed by atoms with E-state index in [1.54, 1.807) is 48.5 Å². The van der Waals surface area contributed by atoms with E-state index >= 15 is 4.79 Å². The Hall–Kier alpha value is -6.66. The highest BCUT2D eigenvalue weighted by Gasteiger charge is 2.70. The zero-order valence-electron chi connectivity index (χ0n) is 31.9. The van der Waals surface area contributed by atoms with Gasteiger partial charge in [0.2, 0.25) is 17.6 Å².